The lowest BCUT2D eigenvalue weighted by molar-refractivity contribution is 0.0692. The van der Waals surface area contributed by atoms with Crippen molar-refractivity contribution in [2.75, 3.05) is 5.32 Å². The van der Waals surface area contributed by atoms with E-state index in [0.29, 0.717) is 5.82 Å². The van der Waals surface area contributed by atoms with Gasteiger partial charge >= 0.3 is 5.97 Å². The van der Waals surface area contributed by atoms with Gasteiger partial charge in [0.25, 0.3) is 5.91 Å². The van der Waals surface area contributed by atoms with Crippen LogP contribution in [-0.4, -0.2) is 41.7 Å². The second-order valence-electron chi connectivity index (χ2n) is 4.66. The summed E-state index contributed by atoms with van der Waals surface area (Å²) in [6.07, 6.45) is 4.78. The summed E-state index contributed by atoms with van der Waals surface area (Å²) < 4.78 is 1.61. The largest absolute Gasteiger partial charge is 0.476 e. The number of imidazole rings is 1. The molecule has 0 aliphatic heterocycles. The topological polar surface area (TPSA) is 123 Å². The first-order chi connectivity index (χ1) is 12.0. The molecule has 0 aromatic carbocycles. The Morgan fingerprint density at radius 3 is 2.60 bits per heavy atom. The molecule has 3 aromatic heterocycles. The van der Waals surface area contributed by atoms with Crippen molar-refractivity contribution in [3.05, 3.63) is 58.5 Å². The van der Waals surface area contributed by atoms with Crippen LogP contribution >= 0.6 is 23.2 Å². The summed E-state index contributed by atoms with van der Waals surface area (Å²) in [7, 11) is 0. The molecule has 0 aliphatic carbocycles. The first-order valence-corrected chi connectivity index (χ1v) is 7.44. The molecule has 0 atom stereocenters. The lowest BCUT2D eigenvalue weighted by Gasteiger charge is -2.09. The van der Waals surface area contributed by atoms with Gasteiger partial charge in [-0.15, -0.1) is 10.2 Å². The van der Waals surface area contributed by atoms with Gasteiger partial charge in [-0.3, -0.25) is 9.36 Å². The van der Waals surface area contributed by atoms with Crippen molar-refractivity contribution >= 4 is 40.8 Å². The molecule has 0 spiro atoms. The van der Waals surface area contributed by atoms with Crippen LogP contribution in [0.15, 0.2) is 36.9 Å². The number of aromatic carboxylic acids is 1. The molecule has 0 fully saturated rings. The Morgan fingerprint density at radius 1 is 1.20 bits per heavy atom. The van der Waals surface area contributed by atoms with E-state index in [0.717, 1.165) is 0 Å². The molecule has 3 heterocycles. The Kier molecular flexibility index (Phi) is 4.59. The number of carbonyl (C=O) groups is 2. The maximum absolute atomic E-state index is 12.3. The number of hydrogen-bond donors (Lipinski definition) is 2. The summed E-state index contributed by atoms with van der Waals surface area (Å²) in [5.74, 6) is -1.57. The van der Waals surface area contributed by atoms with Crippen molar-refractivity contribution in [3.8, 4) is 5.82 Å². The number of amides is 1. The molecule has 0 unspecified atom stereocenters. The van der Waals surface area contributed by atoms with Gasteiger partial charge in [0, 0.05) is 12.4 Å². The van der Waals surface area contributed by atoms with Crippen molar-refractivity contribution in [2.45, 2.75) is 0 Å². The van der Waals surface area contributed by atoms with E-state index in [1.807, 2.05) is 0 Å². The molecule has 0 bridgehead atoms. The summed E-state index contributed by atoms with van der Waals surface area (Å²) in [6.45, 7) is 0. The Bertz CT molecular complexity index is 944. The second-order valence-corrected chi connectivity index (χ2v) is 5.43. The second kappa shape index (κ2) is 6.83. The summed E-state index contributed by atoms with van der Waals surface area (Å²) in [4.78, 5) is 31.0. The molecule has 3 aromatic rings. The van der Waals surface area contributed by atoms with Crippen LogP contribution in [0.1, 0.15) is 21.0 Å². The smallest absolute Gasteiger partial charge is 0.356 e. The van der Waals surface area contributed by atoms with Gasteiger partial charge in [0.2, 0.25) is 0 Å². The molecule has 0 saturated heterocycles. The Balaban J connectivity index is 1.85. The number of aromatic nitrogens is 5. The highest BCUT2D eigenvalue weighted by molar-refractivity contribution is 6.41. The van der Waals surface area contributed by atoms with Crippen LogP contribution in [0.3, 0.4) is 0 Å². The predicted molar refractivity (Wildman–Crippen MR) is 88.3 cm³/mol. The molecular formula is C14H8Cl2N6O3. The first-order valence-electron chi connectivity index (χ1n) is 6.68. The highest BCUT2D eigenvalue weighted by Gasteiger charge is 2.19. The van der Waals surface area contributed by atoms with E-state index < -0.39 is 17.6 Å². The summed E-state index contributed by atoms with van der Waals surface area (Å²) in [6, 6.07) is 4.20. The number of anilines is 1. The minimum absolute atomic E-state index is 0.00325. The van der Waals surface area contributed by atoms with E-state index in [2.05, 4.69) is 25.5 Å². The molecule has 0 saturated carbocycles. The van der Waals surface area contributed by atoms with Crippen molar-refractivity contribution in [1.82, 2.24) is 24.7 Å². The highest BCUT2D eigenvalue weighted by atomic mass is 35.5. The summed E-state index contributed by atoms with van der Waals surface area (Å²) in [5, 5.41) is 19.1. The predicted octanol–water partition coefficient (Wildman–Crippen LogP) is 2.31. The highest BCUT2D eigenvalue weighted by Crippen LogP contribution is 2.26. The van der Waals surface area contributed by atoms with Gasteiger partial charge in [-0.1, -0.05) is 23.2 Å². The molecule has 0 aliphatic rings. The van der Waals surface area contributed by atoms with Gasteiger partial charge in [-0.25, -0.2) is 14.8 Å². The van der Waals surface area contributed by atoms with Crippen LogP contribution in [0, 0.1) is 0 Å². The number of halogens is 2. The number of carboxylic acid groups (broad SMARTS) is 1. The molecule has 3 rings (SSSR count). The molecule has 1 amide bonds. The zero-order valence-corrected chi connectivity index (χ0v) is 13.7. The SMILES string of the molecule is O=C(Nc1cc(Cl)c(Cl)nc1C(=O)O)c1ccc(-n2ccnc2)nn1. The average molecular weight is 379 g/mol. The van der Waals surface area contributed by atoms with E-state index >= 15 is 0 Å². The summed E-state index contributed by atoms with van der Waals surface area (Å²) in [5.41, 5.74) is -0.565. The number of hydrogen-bond acceptors (Lipinski definition) is 6. The van der Waals surface area contributed by atoms with Gasteiger partial charge < -0.3 is 10.4 Å². The van der Waals surface area contributed by atoms with Crippen LogP contribution in [0.4, 0.5) is 5.69 Å². The van der Waals surface area contributed by atoms with Crippen LogP contribution in [0.2, 0.25) is 10.2 Å². The zero-order valence-electron chi connectivity index (χ0n) is 12.2. The Hall–Kier alpha value is -3.04. The lowest BCUT2D eigenvalue weighted by Crippen LogP contribution is -2.18. The number of rotatable bonds is 4. The fourth-order valence-corrected chi connectivity index (χ4v) is 2.18. The molecule has 0 radical (unpaired) electrons. The third-order valence-corrected chi connectivity index (χ3v) is 3.71. The van der Waals surface area contributed by atoms with Gasteiger partial charge in [0.1, 0.15) is 11.5 Å². The normalized spacial score (nSPS) is 10.5. The number of carboxylic acids is 1. The lowest BCUT2D eigenvalue weighted by atomic mass is 10.2. The van der Waals surface area contributed by atoms with Gasteiger partial charge in [0.05, 0.1) is 10.7 Å². The summed E-state index contributed by atoms with van der Waals surface area (Å²) >= 11 is 11.5. The van der Waals surface area contributed by atoms with Crippen LogP contribution in [0.5, 0.6) is 0 Å². The molecule has 126 valence electrons. The van der Waals surface area contributed by atoms with E-state index in [-0.39, 0.29) is 21.6 Å². The molecule has 2 N–H and O–H groups in total. The van der Waals surface area contributed by atoms with E-state index in [9.17, 15) is 9.59 Å². The Labute approximate surface area is 150 Å². The standard InChI is InChI=1S/C14H8Cl2N6O3/c15-7-5-9(11(14(24)25)19-12(7)16)18-13(23)8-1-2-10(21-20-8)22-4-3-17-6-22/h1-6H,(H,18,23)(H,24,25). The monoisotopic (exact) mass is 378 g/mol. The van der Waals surface area contributed by atoms with Gasteiger partial charge in [-0.2, -0.15) is 0 Å². The third kappa shape index (κ3) is 3.57. The zero-order chi connectivity index (χ0) is 18.0. The minimum atomic E-state index is -1.37. The third-order valence-electron chi connectivity index (χ3n) is 3.04. The maximum atomic E-state index is 12.3. The van der Waals surface area contributed by atoms with Crippen molar-refractivity contribution in [1.29, 1.82) is 0 Å². The molecular weight excluding hydrogens is 371 g/mol. The van der Waals surface area contributed by atoms with Crippen LogP contribution in [-0.2, 0) is 0 Å². The Morgan fingerprint density at radius 2 is 2.00 bits per heavy atom. The van der Waals surface area contributed by atoms with Crippen LogP contribution < -0.4 is 5.32 Å². The number of pyridine rings is 1. The quantitative estimate of drug-likeness (QED) is 0.667. The van der Waals surface area contributed by atoms with E-state index in [4.69, 9.17) is 28.3 Å². The number of nitrogens with zero attached hydrogens (tertiary/aromatic N) is 5. The molecule has 9 nitrogen and oxygen atoms in total. The van der Waals surface area contributed by atoms with Gasteiger partial charge in [-0.05, 0) is 18.2 Å². The average Bonchev–Trinajstić information content (AvgIpc) is 3.12. The number of carbonyl (C=O) groups excluding carboxylic acids is 1. The molecule has 25 heavy (non-hydrogen) atoms. The van der Waals surface area contributed by atoms with Crippen LogP contribution in [0.25, 0.3) is 5.82 Å². The van der Waals surface area contributed by atoms with E-state index in [1.54, 1.807) is 23.0 Å². The molecule has 11 heteroatoms. The van der Waals surface area contributed by atoms with E-state index in [1.165, 1.54) is 18.5 Å². The van der Waals surface area contributed by atoms with Crippen molar-refractivity contribution in [3.63, 3.8) is 0 Å². The fraction of sp³-hybridized carbons (Fsp3) is 0. The van der Waals surface area contributed by atoms with Gasteiger partial charge in [0.15, 0.2) is 17.2 Å². The fourth-order valence-electron chi connectivity index (χ4n) is 1.89. The minimum Gasteiger partial charge on any atom is -0.476 e. The van der Waals surface area contributed by atoms with Crippen molar-refractivity contribution in [2.24, 2.45) is 0 Å². The first kappa shape index (κ1) is 16.8. The van der Waals surface area contributed by atoms with Crippen molar-refractivity contribution < 1.29 is 14.7 Å². The number of nitrogens with one attached hydrogen (secondary N) is 1. The maximum Gasteiger partial charge on any atom is 0.356 e.